The maximum Gasteiger partial charge on any atom is 0.242 e. The molecular weight excluding hydrogens is 446 g/mol. The van der Waals surface area contributed by atoms with Crippen LogP contribution >= 0.6 is 24.0 Å². The zero-order valence-electron chi connectivity index (χ0n) is 15.6. The molecule has 1 aliphatic carbocycles. The molecule has 1 fully saturated rings. The van der Waals surface area contributed by atoms with Crippen LogP contribution in [0.15, 0.2) is 29.3 Å². The lowest BCUT2D eigenvalue weighted by molar-refractivity contribution is -0.120. The third-order valence-corrected chi connectivity index (χ3v) is 4.35. The minimum atomic E-state index is -0.250. The molecule has 1 aromatic carbocycles. The highest BCUT2D eigenvalue weighted by Crippen LogP contribution is 2.17. The second-order valence-electron chi connectivity index (χ2n) is 6.56. The molecule has 0 radical (unpaired) electrons. The molecule has 0 atom stereocenters. The Bertz CT molecular complexity index is 591. The molecule has 146 valence electrons. The normalized spacial score (nSPS) is 15.1. The van der Waals surface area contributed by atoms with Gasteiger partial charge >= 0.3 is 0 Å². The fourth-order valence-corrected chi connectivity index (χ4v) is 3.12. The third kappa shape index (κ3) is 7.88. The molecule has 0 saturated heterocycles. The lowest BCUT2D eigenvalue weighted by Crippen LogP contribution is -2.41. The Balaban J connectivity index is 0.00000338. The van der Waals surface area contributed by atoms with E-state index in [2.05, 4.69) is 15.6 Å². The van der Waals surface area contributed by atoms with Gasteiger partial charge in [0, 0.05) is 26.2 Å². The number of hydrogen-bond acceptors (Lipinski definition) is 2. The number of hydrogen-bond donors (Lipinski definition) is 2. The van der Waals surface area contributed by atoms with Gasteiger partial charge in [-0.1, -0.05) is 31.4 Å². The van der Waals surface area contributed by atoms with E-state index in [1.165, 1.54) is 31.4 Å². The molecule has 1 aliphatic rings. The fraction of sp³-hybridized carbons (Fsp3) is 0.579. The van der Waals surface area contributed by atoms with Gasteiger partial charge in [-0.15, -0.1) is 24.0 Å². The Hall–Kier alpha value is -1.38. The molecule has 0 aliphatic heterocycles. The highest BCUT2D eigenvalue weighted by atomic mass is 127. The average molecular weight is 476 g/mol. The van der Waals surface area contributed by atoms with Crippen LogP contribution in [0.2, 0.25) is 0 Å². The zero-order chi connectivity index (χ0) is 18.1. The smallest absolute Gasteiger partial charge is 0.242 e. The maximum atomic E-state index is 13.3. The first-order chi connectivity index (χ1) is 12.1. The number of carbonyl (C=O) groups excluding carboxylic acids is 1. The van der Waals surface area contributed by atoms with Crippen LogP contribution in [0.4, 0.5) is 4.39 Å². The van der Waals surface area contributed by atoms with Crippen molar-refractivity contribution < 1.29 is 9.18 Å². The van der Waals surface area contributed by atoms with Crippen molar-refractivity contribution in [1.29, 1.82) is 0 Å². The topological polar surface area (TPSA) is 56.7 Å². The predicted molar refractivity (Wildman–Crippen MR) is 114 cm³/mol. The Kier molecular flexibility index (Phi) is 10.5. The van der Waals surface area contributed by atoms with Crippen molar-refractivity contribution in [2.45, 2.75) is 51.6 Å². The van der Waals surface area contributed by atoms with Crippen LogP contribution in [0.25, 0.3) is 0 Å². The first kappa shape index (κ1) is 22.7. The minimum Gasteiger partial charge on any atom is -0.357 e. The van der Waals surface area contributed by atoms with E-state index in [1.807, 2.05) is 24.9 Å². The van der Waals surface area contributed by atoms with Crippen molar-refractivity contribution in [2.24, 2.45) is 4.99 Å². The lowest BCUT2D eigenvalue weighted by Gasteiger charge is -2.23. The van der Waals surface area contributed by atoms with E-state index < -0.39 is 0 Å². The van der Waals surface area contributed by atoms with E-state index in [0.717, 1.165) is 18.4 Å². The summed E-state index contributed by atoms with van der Waals surface area (Å²) >= 11 is 0. The van der Waals surface area contributed by atoms with Gasteiger partial charge in [0.1, 0.15) is 12.4 Å². The molecule has 1 amide bonds. The Morgan fingerprint density at radius 2 is 2.04 bits per heavy atom. The first-order valence-corrected chi connectivity index (χ1v) is 9.11. The summed E-state index contributed by atoms with van der Waals surface area (Å²) in [5, 5.41) is 6.25. The molecule has 0 bridgehead atoms. The zero-order valence-corrected chi connectivity index (χ0v) is 18.0. The fourth-order valence-electron chi connectivity index (χ4n) is 3.12. The number of nitrogens with zero attached hydrogens (tertiary/aromatic N) is 2. The van der Waals surface area contributed by atoms with Gasteiger partial charge in [0.15, 0.2) is 5.96 Å². The van der Waals surface area contributed by atoms with E-state index in [4.69, 9.17) is 0 Å². The van der Waals surface area contributed by atoms with Crippen LogP contribution in [0.1, 0.15) is 44.6 Å². The number of amides is 1. The number of benzene rings is 1. The molecule has 26 heavy (non-hydrogen) atoms. The molecule has 1 aromatic rings. The second kappa shape index (κ2) is 12.1. The predicted octanol–water partition coefficient (Wildman–Crippen LogP) is 3.29. The van der Waals surface area contributed by atoms with Gasteiger partial charge in [0.25, 0.3) is 0 Å². The van der Waals surface area contributed by atoms with E-state index in [1.54, 1.807) is 6.07 Å². The number of guanidine groups is 1. The molecule has 2 rings (SSSR count). The van der Waals surface area contributed by atoms with Crippen LogP contribution in [0.3, 0.4) is 0 Å². The molecule has 7 heteroatoms. The summed E-state index contributed by atoms with van der Waals surface area (Å²) in [6.45, 7) is 3.31. The van der Waals surface area contributed by atoms with Gasteiger partial charge in [0.05, 0.1) is 0 Å². The summed E-state index contributed by atoms with van der Waals surface area (Å²) in [4.78, 5) is 18.4. The van der Waals surface area contributed by atoms with Crippen LogP contribution in [-0.2, 0) is 11.3 Å². The minimum absolute atomic E-state index is 0. The van der Waals surface area contributed by atoms with E-state index in [9.17, 15) is 9.18 Å². The van der Waals surface area contributed by atoms with Crippen molar-refractivity contribution in [3.05, 3.63) is 35.6 Å². The molecule has 5 nitrogen and oxygen atoms in total. The highest BCUT2D eigenvalue weighted by molar-refractivity contribution is 14.0. The number of carbonyl (C=O) groups is 1. The van der Waals surface area contributed by atoms with Gasteiger partial charge in [-0.25, -0.2) is 9.38 Å². The number of nitrogens with one attached hydrogen (secondary N) is 2. The van der Waals surface area contributed by atoms with Gasteiger partial charge < -0.3 is 15.5 Å². The summed E-state index contributed by atoms with van der Waals surface area (Å²) in [5.74, 6) is 0.353. The summed E-state index contributed by atoms with van der Waals surface area (Å²) in [5.41, 5.74) is 0.861. The van der Waals surface area contributed by atoms with Crippen molar-refractivity contribution >= 4 is 35.8 Å². The second-order valence-corrected chi connectivity index (χ2v) is 6.56. The average Bonchev–Trinajstić information content (AvgIpc) is 2.59. The van der Waals surface area contributed by atoms with Gasteiger partial charge in [-0.3, -0.25) is 4.79 Å². The van der Waals surface area contributed by atoms with Crippen molar-refractivity contribution in [2.75, 3.05) is 20.1 Å². The monoisotopic (exact) mass is 476 g/mol. The maximum absolute atomic E-state index is 13.3. The SMILES string of the molecule is CCNC(=NCC(=O)NC1CCCCC1)N(C)Cc1cccc(F)c1.I. The van der Waals surface area contributed by atoms with Crippen LogP contribution in [-0.4, -0.2) is 42.9 Å². The summed E-state index contributed by atoms with van der Waals surface area (Å²) in [6.07, 6.45) is 5.77. The van der Waals surface area contributed by atoms with Gasteiger partial charge in [-0.2, -0.15) is 0 Å². The van der Waals surface area contributed by atoms with Gasteiger partial charge in [0.2, 0.25) is 5.91 Å². The molecule has 0 aromatic heterocycles. The lowest BCUT2D eigenvalue weighted by atomic mass is 9.95. The standard InChI is InChI=1S/C19H29FN4O.HI/c1-3-21-19(24(2)14-15-8-7-9-16(20)12-15)22-13-18(25)23-17-10-5-4-6-11-17;/h7-9,12,17H,3-6,10-11,13-14H2,1-2H3,(H,21,22)(H,23,25);1H. The summed E-state index contributed by atoms with van der Waals surface area (Å²) in [6, 6.07) is 6.80. The molecule has 0 spiro atoms. The summed E-state index contributed by atoms with van der Waals surface area (Å²) < 4.78 is 13.3. The molecule has 0 heterocycles. The van der Waals surface area contributed by atoms with Crippen molar-refractivity contribution in [3.8, 4) is 0 Å². The first-order valence-electron chi connectivity index (χ1n) is 9.11. The van der Waals surface area contributed by atoms with E-state index >= 15 is 0 Å². The Labute approximate surface area is 172 Å². The molecule has 0 unspecified atom stereocenters. The molecule has 1 saturated carbocycles. The number of rotatable bonds is 6. The Morgan fingerprint density at radius 3 is 2.69 bits per heavy atom. The third-order valence-electron chi connectivity index (χ3n) is 4.35. The Morgan fingerprint density at radius 1 is 1.31 bits per heavy atom. The molecular formula is C19H30FIN4O. The van der Waals surface area contributed by atoms with E-state index in [-0.39, 0.29) is 42.2 Å². The summed E-state index contributed by atoms with van der Waals surface area (Å²) in [7, 11) is 1.88. The highest BCUT2D eigenvalue weighted by Gasteiger charge is 2.15. The van der Waals surface area contributed by atoms with E-state index in [0.29, 0.717) is 25.1 Å². The number of halogens is 2. The van der Waals surface area contributed by atoms with Crippen molar-refractivity contribution in [3.63, 3.8) is 0 Å². The van der Waals surface area contributed by atoms with Crippen molar-refractivity contribution in [1.82, 2.24) is 15.5 Å². The molecule has 2 N–H and O–H groups in total. The van der Waals surface area contributed by atoms with Gasteiger partial charge in [-0.05, 0) is 37.5 Å². The van der Waals surface area contributed by atoms with Crippen LogP contribution in [0, 0.1) is 5.82 Å². The largest absolute Gasteiger partial charge is 0.357 e. The van der Waals surface area contributed by atoms with Crippen LogP contribution < -0.4 is 10.6 Å². The number of aliphatic imine (C=N–C) groups is 1. The quantitative estimate of drug-likeness (QED) is 0.377. The van der Waals surface area contributed by atoms with Crippen LogP contribution in [0.5, 0.6) is 0 Å².